The molecule has 0 atom stereocenters. The minimum atomic E-state index is -0.215. The van der Waals surface area contributed by atoms with E-state index in [2.05, 4.69) is 25.3 Å². The topological polar surface area (TPSA) is 59.7 Å². The summed E-state index contributed by atoms with van der Waals surface area (Å²) in [6, 6.07) is 6.55. The summed E-state index contributed by atoms with van der Waals surface area (Å²) in [5.74, 6) is 1.30. The van der Waals surface area contributed by atoms with Gasteiger partial charge in [-0.1, -0.05) is 23.5 Å². The molecule has 1 fully saturated rings. The number of benzene rings is 1. The van der Waals surface area contributed by atoms with E-state index in [1.165, 1.54) is 12.1 Å². The molecule has 1 aromatic carbocycles. The van der Waals surface area contributed by atoms with Gasteiger partial charge in [0.15, 0.2) is 0 Å². The van der Waals surface area contributed by atoms with Gasteiger partial charge in [-0.05, 0) is 30.5 Å². The third kappa shape index (κ3) is 3.53. The van der Waals surface area contributed by atoms with E-state index in [1.807, 2.05) is 11.6 Å². The number of hydrogen-bond donors (Lipinski definition) is 0. The summed E-state index contributed by atoms with van der Waals surface area (Å²) in [6.07, 6.45) is 4.53. The van der Waals surface area contributed by atoms with Gasteiger partial charge >= 0.3 is 0 Å². The largest absolute Gasteiger partial charge is 0.347 e. The molecule has 0 saturated carbocycles. The van der Waals surface area contributed by atoms with Gasteiger partial charge in [-0.25, -0.2) is 4.39 Å². The van der Waals surface area contributed by atoms with Gasteiger partial charge in [-0.2, -0.15) is 0 Å². The first-order chi connectivity index (χ1) is 12.2. The van der Waals surface area contributed by atoms with Crippen molar-refractivity contribution in [2.75, 3.05) is 18.0 Å². The molecule has 0 spiro atoms. The molecule has 3 heterocycles. The Kier molecular flexibility index (Phi) is 4.44. The van der Waals surface area contributed by atoms with Crippen molar-refractivity contribution < 1.29 is 4.39 Å². The van der Waals surface area contributed by atoms with Crippen molar-refractivity contribution in [3.05, 3.63) is 52.8 Å². The first kappa shape index (κ1) is 16.1. The molecule has 4 rings (SSSR count). The van der Waals surface area contributed by atoms with Crippen LogP contribution < -0.4 is 4.90 Å². The summed E-state index contributed by atoms with van der Waals surface area (Å²) < 4.78 is 15.0. The molecule has 0 unspecified atom stereocenters. The number of aromatic nitrogens is 5. The van der Waals surface area contributed by atoms with E-state index in [-0.39, 0.29) is 5.82 Å². The highest BCUT2D eigenvalue weighted by atomic mass is 32.1. The molecule has 0 N–H and O–H groups in total. The first-order valence-corrected chi connectivity index (χ1v) is 9.16. The summed E-state index contributed by atoms with van der Waals surface area (Å²) in [7, 11) is 1.99. The Morgan fingerprint density at radius 1 is 1.12 bits per heavy atom. The van der Waals surface area contributed by atoms with E-state index >= 15 is 0 Å². The molecule has 1 aliphatic heterocycles. The van der Waals surface area contributed by atoms with Crippen molar-refractivity contribution in [3.63, 3.8) is 0 Å². The van der Waals surface area contributed by atoms with Gasteiger partial charge in [0.1, 0.15) is 23.0 Å². The van der Waals surface area contributed by atoms with Crippen LogP contribution in [0.4, 0.5) is 9.52 Å². The molecular formula is C17H19FN6S. The number of hydrogen-bond acceptors (Lipinski definition) is 6. The van der Waals surface area contributed by atoms with Crippen molar-refractivity contribution in [2.45, 2.75) is 25.2 Å². The van der Waals surface area contributed by atoms with Crippen LogP contribution in [0.1, 0.15) is 35.2 Å². The van der Waals surface area contributed by atoms with Crippen molar-refractivity contribution in [2.24, 2.45) is 7.05 Å². The zero-order valence-corrected chi connectivity index (χ0v) is 14.8. The molecule has 2 aromatic heterocycles. The average Bonchev–Trinajstić information content (AvgIpc) is 3.26. The average molecular weight is 358 g/mol. The fourth-order valence-corrected chi connectivity index (χ4v) is 4.14. The molecule has 0 radical (unpaired) electrons. The van der Waals surface area contributed by atoms with Crippen LogP contribution in [0.15, 0.2) is 30.6 Å². The quantitative estimate of drug-likeness (QED) is 0.718. The minimum Gasteiger partial charge on any atom is -0.347 e. The van der Waals surface area contributed by atoms with Crippen LogP contribution in [0.3, 0.4) is 0 Å². The van der Waals surface area contributed by atoms with Crippen molar-refractivity contribution in [1.82, 2.24) is 25.0 Å². The van der Waals surface area contributed by atoms with Gasteiger partial charge in [-0.3, -0.25) is 0 Å². The maximum atomic E-state index is 13.0. The van der Waals surface area contributed by atoms with E-state index in [0.29, 0.717) is 12.3 Å². The predicted octanol–water partition coefficient (Wildman–Crippen LogP) is 2.78. The fourth-order valence-electron chi connectivity index (χ4n) is 3.21. The lowest BCUT2D eigenvalue weighted by molar-refractivity contribution is 0.473. The molecule has 25 heavy (non-hydrogen) atoms. The second kappa shape index (κ2) is 6.87. The van der Waals surface area contributed by atoms with Crippen molar-refractivity contribution in [1.29, 1.82) is 0 Å². The summed E-state index contributed by atoms with van der Waals surface area (Å²) >= 11 is 1.62. The normalized spacial score (nSPS) is 15.7. The molecule has 130 valence electrons. The maximum absolute atomic E-state index is 13.0. The summed E-state index contributed by atoms with van der Waals surface area (Å²) in [5.41, 5.74) is 1.05. The van der Waals surface area contributed by atoms with Crippen LogP contribution in [0.5, 0.6) is 0 Å². The van der Waals surface area contributed by atoms with Crippen LogP contribution in [-0.2, 0) is 13.5 Å². The Morgan fingerprint density at radius 2 is 1.88 bits per heavy atom. The van der Waals surface area contributed by atoms with Crippen molar-refractivity contribution in [3.8, 4) is 0 Å². The number of aryl methyl sites for hydroxylation is 1. The van der Waals surface area contributed by atoms with E-state index in [0.717, 1.165) is 47.5 Å². The third-order valence-electron chi connectivity index (χ3n) is 4.60. The molecule has 8 heteroatoms. The standard InChI is InChI=1S/C17H19FN6S/c1-23-11-19-21-16(23)13-6-8-24(9-7-13)17-22-20-15(25-17)10-12-2-4-14(18)5-3-12/h2-5,11,13H,6-10H2,1H3. The summed E-state index contributed by atoms with van der Waals surface area (Å²) in [6.45, 7) is 1.89. The molecule has 3 aromatic rings. The monoisotopic (exact) mass is 358 g/mol. The Hall–Kier alpha value is -2.35. The zero-order valence-electron chi connectivity index (χ0n) is 14.0. The molecule has 6 nitrogen and oxygen atoms in total. The Bertz CT molecular complexity index is 835. The number of anilines is 1. The number of halogens is 1. The summed E-state index contributed by atoms with van der Waals surface area (Å²) in [5, 5.41) is 18.8. The van der Waals surface area contributed by atoms with Crippen LogP contribution in [0.25, 0.3) is 0 Å². The van der Waals surface area contributed by atoms with E-state index < -0.39 is 0 Å². The highest BCUT2D eigenvalue weighted by molar-refractivity contribution is 7.15. The van der Waals surface area contributed by atoms with Gasteiger partial charge in [0.25, 0.3) is 0 Å². The number of piperidine rings is 1. The van der Waals surface area contributed by atoms with Gasteiger partial charge in [0, 0.05) is 32.5 Å². The Labute approximate surface area is 149 Å². The lowest BCUT2D eigenvalue weighted by atomic mass is 9.96. The molecule has 0 aliphatic carbocycles. The van der Waals surface area contributed by atoms with E-state index in [4.69, 9.17) is 0 Å². The molecular weight excluding hydrogens is 339 g/mol. The van der Waals surface area contributed by atoms with Gasteiger partial charge < -0.3 is 9.47 Å². The minimum absolute atomic E-state index is 0.215. The van der Waals surface area contributed by atoms with Crippen LogP contribution in [0, 0.1) is 5.82 Å². The van der Waals surface area contributed by atoms with Crippen molar-refractivity contribution >= 4 is 16.5 Å². The van der Waals surface area contributed by atoms with Gasteiger partial charge in [0.05, 0.1) is 0 Å². The SMILES string of the molecule is Cn1cnnc1C1CCN(c2nnc(Cc3ccc(F)cc3)s2)CC1. The smallest absolute Gasteiger partial charge is 0.208 e. The summed E-state index contributed by atoms with van der Waals surface area (Å²) in [4.78, 5) is 2.29. The molecule has 0 amide bonds. The van der Waals surface area contributed by atoms with Gasteiger partial charge in [-0.15, -0.1) is 20.4 Å². The van der Waals surface area contributed by atoms with E-state index in [9.17, 15) is 4.39 Å². The highest BCUT2D eigenvalue weighted by Gasteiger charge is 2.25. The second-order valence-electron chi connectivity index (χ2n) is 6.34. The predicted molar refractivity (Wildman–Crippen MR) is 94.3 cm³/mol. The fraction of sp³-hybridized carbons (Fsp3) is 0.412. The lowest BCUT2D eigenvalue weighted by Crippen LogP contribution is -2.33. The second-order valence-corrected chi connectivity index (χ2v) is 7.38. The van der Waals surface area contributed by atoms with E-state index in [1.54, 1.807) is 29.8 Å². The molecule has 0 bridgehead atoms. The molecule has 1 aliphatic rings. The Balaban J connectivity index is 1.38. The molecule has 1 saturated heterocycles. The van der Waals surface area contributed by atoms with Crippen LogP contribution >= 0.6 is 11.3 Å². The number of nitrogens with zero attached hydrogens (tertiary/aromatic N) is 6. The lowest BCUT2D eigenvalue weighted by Gasteiger charge is -2.30. The Morgan fingerprint density at radius 3 is 2.56 bits per heavy atom. The maximum Gasteiger partial charge on any atom is 0.208 e. The third-order valence-corrected chi connectivity index (χ3v) is 5.59. The number of rotatable bonds is 4. The van der Waals surface area contributed by atoms with Crippen LogP contribution in [0.2, 0.25) is 0 Å². The zero-order chi connectivity index (χ0) is 17.2. The van der Waals surface area contributed by atoms with Gasteiger partial charge in [0.2, 0.25) is 5.13 Å². The van der Waals surface area contributed by atoms with Crippen LogP contribution in [-0.4, -0.2) is 38.1 Å². The first-order valence-electron chi connectivity index (χ1n) is 8.34. The highest BCUT2D eigenvalue weighted by Crippen LogP contribution is 2.31.